The van der Waals surface area contributed by atoms with E-state index < -0.39 is 0 Å². The summed E-state index contributed by atoms with van der Waals surface area (Å²) >= 11 is 1.94. The van der Waals surface area contributed by atoms with Gasteiger partial charge in [0.2, 0.25) is 0 Å². The summed E-state index contributed by atoms with van der Waals surface area (Å²) in [5.41, 5.74) is 0. The van der Waals surface area contributed by atoms with Crippen LogP contribution < -0.4 is 5.32 Å². The van der Waals surface area contributed by atoms with Gasteiger partial charge in [0.1, 0.15) is 0 Å². The van der Waals surface area contributed by atoms with Crippen LogP contribution in [0.1, 0.15) is 42.9 Å². The second-order valence-corrected chi connectivity index (χ2v) is 5.54. The standard InChI is InChI=1S/C13H21NS/c1-14-9-8-12(11-5-2-3-6-11)13-7-4-10-15-13/h4,7,10-12,14H,2-3,5-6,8-9H2,1H3. The van der Waals surface area contributed by atoms with E-state index in [4.69, 9.17) is 0 Å². The largest absolute Gasteiger partial charge is 0.320 e. The molecule has 1 unspecified atom stereocenters. The quantitative estimate of drug-likeness (QED) is 0.803. The molecule has 1 atom stereocenters. The third-order valence-corrected chi connectivity index (χ3v) is 4.59. The summed E-state index contributed by atoms with van der Waals surface area (Å²) in [6, 6.07) is 4.52. The number of nitrogens with one attached hydrogen (secondary N) is 1. The molecule has 1 aliphatic rings. The summed E-state index contributed by atoms with van der Waals surface area (Å²) in [4.78, 5) is 1.61. The lowest BCUT2D eigenvalue weighted by molar-refractivity contribution is 0.413. The van der Waals surface area contributed by atoms with E-state index >= 15 is 0 Å². The summed E-state index contributed by atoms with van der Waals surface area (Å²) in [7, 11) is 2.06. The molecule has 15 heavy (non-hydrogen) atoms. The van der Waals surface area contributed by atoms with Crippen LogP contribution in [0.5, 0.6) is 0 Å². The fourth-order valence-electron chi connectivity index (χ4n) is 2.77. The monoisotopic (exact) mass is 223 g/mol. The van der Waals surface area contributed by atoms with Gasteiger partial charge in [-0.15, -0.1) is 11.3 Å². The average Bonchev–Trinajstić information content (AvgIpc) is 2.90. The van der Waals surface area contributed by atoms with Gasteiger partial charge in [-0.05, 0) is 56.1 Å². The number of hydrogen-bond acceptors (Lipinski definition) is 2. The molecule has 1 fully saturated rings. The van der Waals surface area contributed by atoms with Crippen LogP contribution in [0.25, 0.3) is 0 Å². The molecule has 0 radical (unpaired) electrons. The molecular weight excluding hydrogens is 202 g/mol. The van der Waals surface area contributed by atoms with Gasteiger partial charge in [0.15, 0.2) is 0 Å². The first kappa shape index (κ1) is 11.2. The van der Waals surface area contributed by atoms with Crippen molar-refractivity contribution in [3.8, 4) is 0 Å². The van der Waals surface area contributed by atoms with Crippen LogP contribution in [-0.4, -0.2) is 13.6 Å². The highest BCUT2D eigenvalue weighted by Gasteiger charge is 2.26. The lowest BCUT2D eigenvalue weighted by Gasteiger charge is -2.22. The first-order valence-corrected chi connectivity index (χ1v) is 6.98. The molecule has 1 nitrogen and oxygen atoms in total. The van der Waals surface area contributed by atoms with Crippen LogP contribution in [0.15, 0.2) is 17.5 Å². The van der Waals surface area contributed by atoms with Crippen molar-refractivity contribution in [1.82, 2.24) is 5.32 Å². The maximum atomic E-state index is 3.29. The first-order chi connectivity index (χ1) is 7.42. The molecule has 1 aromatic rings. The van der Waals surface area contributed by atoms with Gasteiger partial charge < -0.3 is 5.32 Å². The van der Waals surface area contributed by atoms with Gasteiger partial charge in [0.25, 0.3) is 0 Å². The van der Waals surface area contributed by atoms with E-state index in [1.54, 1.807) is 4.88 Å². The van der Waals surface area contributed by atoms with Crippen LogP contribution in [-0.2, 0) is 0 Å². The van der Waals surface area contributed by atoms with E-state index in [9.17, 15) is 0 Å². The van der Waals surface area contributed by atoms with Gasteiger partial charge in [-0.25, -0.2) is 0 Å². The van der Waals surface area contributed by atoms with Crippen molar-refractivity contribution in [2.45, 2.75) is 38.0 Å². The zero-order valence-corrected chi connectivity index (χ0v) is 10.4. The molecule has 2 rings (SSSR count). The van der Waals surface area contributed by atoms with Crippen molar-refractivity contribution in [2.75, 3.05) is 13.6 Å². The van der Waals surface area contributed by atoms with Crippen molar-refractivity contribution in [3.63, 3.8) is 0 Å². The molecular formula is C13H21NS. The minimum absolute atomic E-state index is 0.819. The molecule has 1 heterocycles. The SMILES string of the molecule is CNCCC(c1cccs1)C1CCCC1. The van der Waals surface area contributed by atoms with Crippen LogP contribution in [0.2, 0.25) is 0 Å². The lowest BCUT2D eigenvalue weighted by Crippen LogP contribution is -2.16. The Hall–Kier alpha value is -0.340. The fourth-order valence-corrected chi connectivity index (χ4v) is 3.73. The third kappa shape index (κ3) is 2.82. The van der Waals surface area contributed by atoms with Crippen LogP contribution in [0.3, 0.4) is 0 Å². The van der Waals surface area contributed by atoms with Crippen LogP contribution >= 0.6 is 11.3 Å². The van der Waals surface area contributed by atoms with E-state index in [1.165, 1.54) is 32.1 Å². The Bertz CT molecular complexity index is 262. The minimum atomic E-state index is 0.819. The van der Waals surface area contributed by atoms with E-state index in [0.717, 1.165) is 18.4 Å². The lowest BCUT2D eigenvalue weighted by atomic mass is 9.87. The Balaban J connectivity index is 2.01. The highest BCUT2D eigenvalue weighted by molar-refractivity contribution is 7.10. The molecule has 0 aromatic carbocycles. The summed E-state index contributed by atoms with van der Waals surface area (Å²) in [5.74, 6) is 1.77. The molecule has 2 heteroatoms. The zero-order chi connectivity index (χ0) is 10.5. The first-order valence-electron chi connectivity index (χ1n) is 6.10. The summed E-state index contributed by atoms with van der Waals surface area (Å²) in [5, 5.41) is 5.51. The summed E-state index contributed by atoms with van der Waals surface area (Å²) in [6.45, 7) is 1.15. The molecule has 0 amide bonds. The van der Waals surface area contributed by atoms with Crippen molar-refractivity contribution >= 4 is 11.3 Å². The van der Waals surface area contributed by atoms with Crippen molar-refractivity contribution < 1.29 is 0 Å². The van der Waals surface area contributed by atoms with Gasteiger partial charge in [0, 0.05) is 4.88 Å². The van der Waals surface area contributed by atoms with Gasteiger partial charge in [-0.2, -0.15) is 0 Å². The van der Waals surface area contributed by atoms with Crippen LogP contribution in [0, 0.1) is 5.92 Å². The molecule has 0 aliphatic heterocycles. The van der Waals surface area contributed by atoms with Gasteiger partial charge in [-0.3, -0.25) is 0 Å². The number of rotatable bonds is 5. The average molecular weight is 223 g/mol. The van der Waals surface area contributed by atoms with E-state index in [1.807, 2.05) is 11.3 Å². The second-order valence-electron chi connectivity index (χ2n) is 4.56. The predicted molar refractivity (Wildman–Crippen MR) is 67.6 cm³/mol. The summed E-state index contributed by atoms with van der Waals surface area (Å²) in [6.07, 6.45) is 7.11. The van der Waals surface area contributed by atoms with E-state index in [0.29, 0.717) is 0 Å². The smallest absolute Gasteiger partial charge is 0.00794 e. The zero-order valence-electron chi connectivity index (χ0n) is 9.54. The van der Waals surface area contributed by atoms with E-state index in [2.05, 4.69) is 29.9 Å². The number of thiophene rings is 1. The number of hydrogen-bond donors (Lipinski definition) is 1. The third-order valence-electron chi connectivity index (χ3n) is 3.58. The van der Waals surface area contributed by atoms with Crippen LogP contribution in [0.4, 0.5) is 0 Å². The Labute approximate surface area is 96.9 Å². The Morgan fingerprint density at radius 3 is 2.87 bits per heavy atom. The second kappa shape index (κ2) is 5.66. The van der Waals surface area contributed by atoms with Gasteiger partial charge in [-0.1, -0.05) is 18.9 Å². The summed E-state index contributed by atoms with van der Waals surface area (Å²) < 4.78 is 0. The Morgan fingerprint density at radius 1 is 1.47 bits per heavy atom. The molecule has 1 N–H and O–H groups in total. The Kier molecular flexibility index (Phi) is 4.21. The van der Waals surface area contributed by atoms with E-state index in [-0.39, 0.29) is 0 Å². The maximum Gasteiger partial charge on any atom is 0.00794 e. The molecule has 84 valence electrons. The highest BCUT2D eigenvalue weighted by atomic mass is 32.1. The highest BCUT2D eigenvalue weighted by Crippen LogP contribution is 2.40. The molecule has 1 aliphatic carbocycles. The molecule has 0 spiro atoms. The Morgan fingerprint density at radius 2 is 2.27 bits per heavy atom. The molecule has 1 saturated carbocycles. The maximum absolute atomic E-state index is 3.29. The fraction of sp³-hybridized carbons (Fsp3) is 0.692. The molecule has 0 bridgehead atoms. The minimum Gasteiger partial charge on any atom is -0.320 e. The normalized spacial score (nSPS) is 19.5. The van der Waals surface area contributed by atoms with Crippen molar-refractivity contribution in [1.29, 1.82) is 0 Å². The van der Waals surface area contributed by atoms with Crippen molar-refractivity contribution in [3.05, 3.63) is 22.4 Å². The van der Waals surface area contributed by atoms with Gasteiger partial charge >= 0.3 is 0 Å². The predicted octanol–water partition coefficient (Wildman–Crippen LogP) is 3.63. The van der Waals surface area contributed by atoms with Crippen molar-refractivity contribution in [2.24, 2.45) is 5.92 Å². The van der Waals surface area contributed by atoms with Gasteiger partial charge in [0.05, 0.1) is 0 Å². The topological polar surface area (TPSA) is 12.0 Å². The molecule has 1 aromatic heterocycles. The molecule has 0 saturated heterocycles.